The third kappa shape index (κ3) is 3.95. The van der Waals surface area contributed by atoms with E-state index in [9.17, 15) is 0 Å². The number of nitrogens with one attached hydrogen (secondary N) is 1. The van der Waals surface area contributed by atoms with E-state index in [1.807, 2.05) is 0 Å². The lowest BCUT2D eigenvalue weighted by atomic mass is 9.92. The molecule has 1 unspecified atom stereocenters. The number of benzene rings is 1. The minimum absolute atomic E-state index is 0.284. The van der Waals surface area contributed by atoms with Gasteiger partial charge < -0.3 is 4.74 Å². The van der Waals surface area contributed by atoms with Gasteiger partial charge in [-0.2, -0.15) is 0 Å². The van der Waals surface area contributed by atoms with Gasteiger partial charge in [0, 0.05) is 6.04 Å². The Morgan fingerprint density at radius 2 is 1.95 bits per heavy atom. The molecule has 1 aromatic rings. The molecule has 2 rings (SSSR count). The van der Waals surface area contributed by atoms with Crippen LogP contribution in [0.15, 0.2) is 24.3 Å². The van der Waals surface area contributed by atoms with Crippen molar-refractivity contribution in [1.82, 2.24) is 5.43 Å². The SMILES string of the molecule is CCCCOc1ccc(C(NN)C2CCCC2)cc1. The lowest BCUT2D eigenvalue weighted by Gasteiger charge is -2.23. The average molecular weight is 262 g/mol. The molecule has 1 fully saturated rings. The molecule has 0 aromatic heterocycles. The minimum atomic E-state index is 0.284. The third-order valence-corrected chi connectivity index (χ3v) is 4.06. The summed E-state index contributed by atoms with van der Waals surface area (Å²) in [7, 11) is 0. The first kappa shape index (κ1) is 14.4. The first-order valence-electron chi connectivity index (χ1n) is 7.54. The van der Waals surface area contributed by atoms with Crippen molar-refractivity contribution < 1.29 is 4.74 Å². The minimum Gasteiger partial charge on any atom is -0.494 e. The van der Waals surface area contributed by atoms with Crippen molar-refractivity contribution in [2.45, 2.75) is 51.5 Å². The van der Waals surface area contributed by atoms with Crippen LogP contribution in [0.3, 0.4) is 0 Å². The standard InChI is InChI=1S/C16H26N2O/c1-2-3-12-19-15-10-8-14(9-11-15)16(18-17)13-6-4-5-7-13/h8-11,13,16,18H,2-7,12,17H2,1H3. The summed E-state index contributed by atoms with van der Waals surface area (Å²) in [5.74, 6) is 7.38. The molecule has 1 aromatic carbocycles. The summed E-state index contributed by atoms with van der Waals surface area (Å²) in [6.45, 7) is 2.97. The van der Waals surface area contributed by atoms with Crippen LogP contribution in [0, 0.1) is 5.92 Å². The van der Waals surface area contributed by atoms with E-state index in [1.54, 1.807) is 0 Å². The van der Waals surface area contributed by atoms with E-state index in [2.05, 4.69) is 36.6 Å². The predicted octanol–water partition coefficient (Wildman–Crippen LogP) is 3.56. The van der Waals surface area contributed by atoms with Crippen LogP contribution in [0.4, 0.5) is 0 Å². The summed E-state index contributed by atoms with van der Waals surface area (Å²) in [6, 6.07) is 8.69. The van der Waals surface area contributed by atoms with Crippen molar-refractivity contribution >= 4 is 0 Å². The summed E-state index contributed by atoms with van der Waals surface area (Å²) in [5.41, 5.74) is 4.27. The molecule has 0 bridgehead atoms. The summed E-state index contributed by atoms with van der Waals surface area (Å²) < 4.78 is 5.69. The molecule has 3 N–H and O–H groups in total. The van der Waals surface area contributed by atoms with Crippen LogP contribution < -0.4 is 16.0 Å². The number of hydrogen-bond acceptors (Lipinski definition) is 3. The van der Waals surface area contributed by atoms with E-state index >= 15 is 0 Å². The Morgan fingerprint density at radius 3 is 2.53 bits per heavy atom. The normalized spacial score (nSPS) is 17.6. The highest BCUT2D eigenvalue weighted by Crippen LogP contribution is 2.35. The Balaban J connectivity index is 1.95. The second-order valence-electron chi connectivity index (χ2n) is 5.46. The van der Waals surface area contributed by atoms with E-state index in [1.165, 1.54) is 37.7 Å². The zero-order valence-electron chi connectivity index (χ0n) is 11.9. The highest BCUT2D eigenvalue weighted by molar-refractivity contribution is 5.29. The van der Waals surface area contributed by atoms with Crippen molar-refractivity contribution in [2.24, 2.45) is 11.8 Å². The molecular formula is C16H26N2O. The van der Waals surface area contributed by atoms with E-state index in [0.717, 1.165) is 18.8 Å². The molecule has 3 nitrogen and oxygen atoms in total. The Morgan fingerprint density at radius 1 is 1.26 bits per heavy atom. The van der Waals surface area contributed by atoms with Crippen molar-refractivity contribution in [1.29, 1.82) is 0 Å². The topological polar surface area (TPSA) is 47.3 Å². The summed E-state index contributed by atoms with van der Waals surface area (Å²) in [6.07, 6.45) is 7.51. The van der Waals surface area contributed by atoms with Crippen molar-refractivity contribution in [2.75, 3.05) is 6.61 Å². The zero-order valence-corrected chi connectivity index (χ0v) is 11.9. The molecule has 1 atom stereocenters. The Labute approximate surface area is 116 Å². The molecule has 19 heavy (non-hydrogen) atoms. The smallest absolute Gasteiger partial charge is 0.119 e. The van der Waals surface area contributed by atoms with Gasteiger partial charge in [-0.05, 0) is 42.9 Å². The summed E-state index contributed by atoms with van der Waals surface area (Å²) in [4.78, 5) is 0. The highest BCUT2D eigenvalue weighted by atomic mass is 16.5. The van der Waals surface area contributed by atoms with Gasteiger partial charge in [0.05, 0.1) is 6.61 Å². The molecule has 0 saturated heterocycles. The second-order valence-corrected chi connectivity index (χ2v) is 5.46. The molecule has 1 aliphatic rings. The first-order chi connectivity index (χ1) is 9.35. The number of hydrogen-bond donors (Lipinski definition) is 2. The molecule has 106 valence electrons. The molecule has 0 amide bonds. The first-order valence-corrected chi connectivity index (χ1v) is 7.54. The van der Waals surface area contributed by atoms with Crippen molar-refractivity contribution in [3.8, 4) is 5.75 Å². The molecule has 1 saturated carbocycles. The lowest BCUT2D eigenvalue weighted by Crippen LogP contribution is -2.32. The number of nitrogens with two attached hydrogens (primary N) is 1. The Hall–Kier alpha value is -1.06. The molecule has 0 heterocycles. The summed E-state index contributed by atoms with van der Waals surface area (Å²) in [5, 5.41) is 0. The van der Waals surface area contributed by atoms with Gasteiger partial charge in [0.2, 0.25) is 0 Å². The number of unbranched alkanes of at least 4 members (excludes halogenated alkanes) is 1. The number of rotatable bonds is 7. The zero-order chi connectivity index (χ0) is 13.5. The van der Waals surface area contributed by atoms with Crippen molar-refractivity contribution in [3.05, 3.63) is 29.8 Å². The van der Waals surface area contributed by atoms with Gasteiger partial charge in [0.1, 0.15) is 5.75 Å². The summed E-state index contributed by atoms with van der Waals surface area (Å²) >= 11 is 0. The fraction of sp³-hybridized carbons (Fsp3) is 0.625. The maximum Gasteiger partial charge on any atom is 0.119 e. The Kier molecular flexibility index (Phi) is 5.67. The van der Waals surface area contributed by atoms with Gasteiger partial charge in [-0.1, -0.05) is 38.3 Å². The maximum absolute atomic E-state index is 5.74. The maximum atomic E-state index is 5.74. The van der Waals surface area contributed by atoms with E-state index in [-0.39, 0.29) is 6.04 Å². The number of hydrazine groups is 1. The van der Waals surface area contributed by atoms with Gasteiger partial charge in [0.15, 0.2) is 0 Å². The molecule has 3 heteroatoms. The quantitative estimate of drug-likeness (QED) is 0.449. The monoisotopic (exact) mass is 262 g/mol. The van der Waals surface area contributed by atoms with Gasteiger partial charge in [-0.3, -0.25) is 11.3 Å². The van der Waals surface area contributed by atoms with Gasteiger partial charge in [0.25, 0.3) is 0 Å². The predicted molar refractivity (Wildman–Crippen MR) is 78.9 cm³/mol. The van der Waals surface area contributed by atoms with Gasteiger partial charge >= 0.3 is 0 Å². The average Bonchev–Trinajstić information content (AvgIpc) is 2.96. The molecule has 0 aliphatic heterocycles. The van der Waals surface area contributed by atoms with E-state index in [0.29, 0.717) is 5.92 Å². The van der Waals surface area contributed by atoms with Crippen LogP contribution in [-0.4, -0.2) is 6.61 Å². The van der Waals surface area contributed by atoms with E-state index in [4.69, 9.17) is 10.6 Å². The third-order valence-electron chi connectivity index (χ3n) is 4.06. The fourth-order valence-electron chi connectivity index (χ4n) is 2.90. The van der Waals surface area contributed by atoms with Crippen LogP contribution in [-0.2, 0) is 0 Å². The van der Waals surface area contributed by atoms with Gasteiger partial charge in [-0.15, -0.1) is 0 Å². The molecule has 0 spiro atoms. The molecular weight excluding hydrogens is 236 g/mol. The molecule has 1 aliphatic carbocycles. The second kappa shape index (κ2) is 7.51. The van der Waals surface area contributed by atoms with Gasteiger partial charge in [-0.25, -0.2) is 0 Å². The fourth-order valence-corrected chi connectivity index (χ4v) is 2.90. The van der Waals surface area contributed by atoms with Crippen LogP contribution in [0.5, 0.6) is 5.75 Å². The highest BCUT2D eigenvalue weighted by Gasteiger charge is 2.25. The van der Waals surface area contributed by atoms with Crippen LogP contribution >= 0.6 is 0 Å². The van der Waals surface area contributed by atoms with E-state index < -0.39 is 0 Å². The number of ether oxygens (including phenoxy) is 1. The largest absolute Gasteiger partial charge is 0.494 e. The van der Waals surface area contributed by atoms with Crippen LogP contribution in [0.2, 0.25) is 0 Å². The molecule has 0 radical (unpaired) electrons. The van der Waals surface area contributed by atoms with Crippen LogP contribution in [0.1, 0.15) is 57.1 Å². The van der Waals surface area contributed by atoms with Crippen LogP contribution in [0.25, 0.3) is 0 Å². The lowest BCUT2D eigenvalue weighted by molar-refractivity contribution is 0.309. The van der Waals surface area contributed by atoms with Crippen molar-refractivity contribution in [3.63, 3.8) is 0 Å². The Bertz CT molecular complexity index is 358.